The van der Waals surface area contributed by atoms with Crippen LogP contribution < -0.4 is 0 Å². The molecule has 0 unspecified atom stereocenters. The van der Waals surface area contributed by atoms with Crippen molar-refractivity contribution in [2.24, 2.45) is 0 Å². The number of quaternary nitrogens is 1. The van der Waals surface area contributed by atoms with Crippen molar-refractivity contribution in [2.45, 2.75) is 32.7 Å². The van der Waals surface area contributed by atoms with E-state index in [2.05, 4.69) is 46.8 Å². The fourth-order valence-corrected chi connectivity index (χ4v) is 11.4. The minimum Gasteiger partial charge on any atom is -0.452 e. The second kappa shape index (κ2) is 5.77. The Labute approximate surface area is 104 Å². The first kappa shape index (κ1) is 16.3. The van der Waals surface area contributed by atoms with Crippen LogP contribution in [0.4, 0.5) is 0 Å². The number of hydrogen-bond acceptors (Lipinski definition) is 2. The highest BCUT2D eigenvalue weighted by Crippen LogP contribution is 2.17. The minimum atomic E-state index is -1.55. The van der Waals surface area contributed by atoms with Crippen molar-refractivity contribution in [3.05, 3.63) is 0 Å². The predicted octanol–water partition coefficient (Wildman–Crippen LogP) is 2.30. The Morgan fingerprint density at radius 2 is 1.50 bits per heavy atom. The second-order valence-corrected chi connectivity index (χ2v) is 15.7. The molecule has 0 N–H and O–H groups in total. The Balaban J connectivity index is 4.33. The third kappa shape index (κ3) is 8.46. The molecule has 0 aliphatic heterocycles. The second-order valence-electron chi connectivity index (χ2n) is 6.78. The van der Waals surface area contributed by atoms with Gasteiger partial charge in [0.15, 0.2) is 8.32 Å². The highest BCUT2D eigenvalue weighted by atomic mass is 28.4. The van der Waals surface area contributed by atoms with Crippen molar-refractivity contribution in [2.75, 3.05) is 40.5 Å². The molecule has 5 heteroatoms. The van der Waals surface area contributed by atoms with E-state index in [9.17, 15) is 0 Å². The fourth-order valence-electron chi connectivity index (χ4n) is 2.31. The van der Waals surface area contributed by atoms with Crippen LogP contribution >= 0.6 is 0 Å². The summed E-state index contributed by atoms with van der Waals surface area (Å²) in [7, 11) is 3.35. The van der Waals surface area contributed by atoms with Gasteiger partial charge in [0, 0.05) is 7.11 Å². The lowest BCUT2D eigenvalue weighted by Gasteiger charge is -2.39. The topological polar surface area (TPSA) is 18.5 Å². The van der Waals surface area contributed by atoms with Gasteiger partial charge in [0.05, 0.1) is 26.9 Å². The Hall–Kier alpha value is 0.314. The first-order valence-corrected chi connectivity index (χ1v) is 12.5. The number of rotatable bonds is 7. The van der Waals surface area contributed by atoms with Crippen molar-refractivity contribution in [3.63, 3.8) is 0 Å². The van der Waals surface area contributed by atoms with E-state index >= 15 is 0 Å². The fraction of sp³-hybridized carbons (Fsp3) is 1.00. The highest BCUT2D eigenvalue weighted by Gasteiger charge is 2.36. The summed E-state index contributed by atoms with van der Waals surface area (Å²) in [4.78, 5) is 0. The third-order valence-electron chi connectivity index (χ3n) is 2.29. The molecule has 3 nitrogen and oxygen atoms in total. The maximum Gasteiger partial charge on any atom is 0.234 e. The van der Waals surface area contributed by atoms with E-state index in [1.807, 2.05) is 0 Å². The van der Waals surface area contributed by atoms with Crippen molar-refractivity contribution >= 4 is 16.6 Å². The van der Waals surface area contributed by atoms with Crippen LogP contribution in [0.2, 0.25) is 32.7 Å². The molecule has 0 radical (unpaired) electrons. The van der Waals surface area contributed by atoms with Crippen molar-refractivity contribution in [1.29, 1.82) is 0 Å². The molecule has 0 bridgehead atoms. The Bertz CT molecular complexity index is 213. The summed E-state index contributed by atoms with van der Waals surface area (Å²) in [5.74, 6) is 0. The summed E-state index contributed by atoms with van der Waals surface area (Å²) in [5.41, 5.74) is 0. The zero-order chi connectivity index (χ0) is 13.0. The van der Waals surface area contributed by atoms with Crippen LogP contribution in [0.15, 0.2) is 0 Å². The summed E-state index contributed by atoms with van der Waals surface area (Å²) in [5, 5.41) is 0. The van der Waals surface area contributed by atoms with Gasteiger partial charge < -0.3 is 13.3 Å². The van der Waals surface area contributed by atoms with Gasteiger partial charge in [0.2, 0.25) is 8.32 Å². The summed E-state index contributed by atoms with van der Waals surface area (Å²) in [6.45, 7) is 13.4. The van der Waals surface area contributed by atoms with Gasteiger partial charge in [0.25, 0.3) is 0 Å². The molecule has 0 amide bonds. The molecule has 0 aromatic carbocycles. The molecule has 0 aliphatic rings. The minimum absolute atomic E-state index is 0.824. The largest absolute Gasteiger partial charge is 0.452 e. The summed E-state index contributed by atoms with van der Waals surface area (Å²) in [6.07, 6.45) is 1.15. The van der Waals surface area contributed by atoms with E-state index in [-0.39, 0.29) is 0 Å². The van der Waals surface area contributed by atoms with Crippen LogP contribution in [0.1, 0.15) is 0 Å². The standard InChI is InChI=1S/C11H30NO2Si2/c1-12(2,9-10-13-3)11-16(7,8)14-15(4,5)6/h9-11H2,1-8H3/q+1. The molecule has 0 spiro atoms. The summed E-state index contributed by atoms with van der Waals surface area (Å²) in [6, 6.07) is 0. The smallest absolute Gasteiger partial charge is 0.234 e. The van der Waals surface area contributed by atoms with Gasteiger partial charge in [-0.05, 0) is 32.7 Å². The summed E-state index contributed by atoms with van der Waals surface area (Å²) < 4.78 is 12.5. The lowest BCUT2D eigenvalue weighted by molar-refractivity contribution is -0.881. The molecule has 0 aliphatic carbocycles. The van der Waals surface area contributed by atoms with Crippen LogP contribution in [0, 0.1) is 0 Å². The zero-order valence-corrected chi connectivity index (χ0v) is 14.4. The van der Waals surface area contributed by atoms with Crippen LogP contribution in [-0.4, -0.2) is 61.6 Å². The van der Waals surface area contributed by atoms with E-state index in [4.69, 9.17) is 8.85 Å². The number of hydrogen-bond donors (Lipinski definition) is 0. The summed E-state index contributed by atoms with van der Waals surface area (Å²) >= 11 is 0. The molecule has 0 rings (SSSR count). The number of likely N-dealkylation sites (N-methyl/N-ethyl adjacent to an activating group) is 1. The molecule has 0 saturated heterocycles. The maximum absolute atomic E-state index is 6.36. The zero-order valence-electron chi connectivity index (χ0n) is 12.4. The van der Waals surface area contributed by atoms with Gasteiger partial charge in [-0.2, -0.15) is 0 Å². The van der Waals surface area contributed by atoms with Crippen LogP contribution in [0.5, 0.6) is 0 Å². The van der Waals surface area contributed by atoms with Gasteiger partial charge in [-0.1, -0.05) is 0 Å². The SMILES string of the molecule is COCC[N+](C)(C)C[Si](C)(C)O[Si](C)(C)C. The van der Waals surface area contributed by atoms with E-state index in [1.165, 1.54) is 0 Å². The number of nitrogens with zero attached hydrogens (tertiary/aromatic N) is 1. The molecular formula is C11H30NO2Si2+. The Morgan fingerprint density at radius 1 is 1.00 bits per heavy atom. The average molecular weight is 265 g/mol. The third-order valence-corrected chi connectivity index (χ3v) is 8.57. The quantitative estimate of drug-likeness (QED) is 0.519. The molecule has 0 fully saturated rings. The van der Waals surface area contributed by atoms with E-state index in [1.54, 1.807) is 7.11 Å². The van der Waals surface area contributed by atoms with Crippen LogP contribution in [-0.2, 0) is 8.85 Å². The molecule has 0 aromatic heterocycles. The van der Waals surface area contributed by atoms with Gasteiger partial charge in [-0.25, -0.2) is 0 Å². The highest BCUT2D eigenvalue weighted by molar-refractivity contribution is 6.84. The molecule has 0 aromatic rings. The van der Waals surface area contributed by atoms with Crippen molar-refractivity contribution in [3.8, 4) is 0 Å². The molecule has 98 valence electrons. The molecule has 0 heterocycles. The van der Waals surface area contributed by atoms with E-state index in [0.29, 0.717) is 0 Å². The number of methoxy groups -OCH3 is 1. The molecule has 16 heavy (non-hydrogen) atoms. The normalized spacial score (nSPS) is 14.2. The van der Waals surface area contributed by atoms with Gasteiger partial charge in [-0.15, -0.1) is 0 Å². The van der Waals surface area contributed by atoms with Crippen LogP contribution in [0.25, 0.3) is 0 Å². The van der Waals surface area contributed by atoms with Crippen molar-refractivity contribution in [1.82, 2.24) is 0 Å². The van der Waals surface area contributed by atoms with Crippen LogP contribution in [0.3, 0.4) is 0 Å². The Morgan fingerprint density at radius 3 is 1.88 bits per heavy atom. The predicted molar refractivity (Wildman–Crippen MR) is 75.6 cm³/mol. The van der Waals surface area contributed by atoms with Gasteiger partial charge in [0.1, 0.15) is 6.54 Å². The van der Waals surface area contributed by atoms with Gasteiger partial charge >= 0.3 is 0 Å². The lowest BCUT2D eigenvalue weighted by Crippen LogP contribution is -2.57. The molecular weight excluding hydrogens is 234 g/mol. The first-order valence-electron chi connectivity index (χ1n) is 5.99. The molecule has 0 atom stereocenters. The molecule has 0 saturated carbocycles. The van der Waals surface area contributed by atoms with E-state index in [0.717, 1.165) is 23.8 Å². The lowest BCUT2D eigenvalue weighted by atomic mass is 10.5. The Kier molecular flexibility index (Phi) is 5.89. The average Bonchev–Trinajstić information content (AvgIpc) is 1.93. The van der Waals surface area contributed by atoms with Gasteiger partial charge in [-0.3, -0.25) is 0 Å². The maximum atomic E-state index is 6.36. The van der Waals surface area contributed by atoms with E-state index < -0.39 is 16.6 Å². The van der Waals surface area contributed by atoms with Crippen molar-refractivity contribution < 1.29 is 13.3 Å². The number of ether oxygens (including phenoxy) is 1. The monoisotopic (exact) mass is 264 g/mol. The first-order chi connectivity index (χ1) is 6.97.